The molecule has 0 radical (unpaired) electrons. The summed E-state index contributed by atoms with van der Waals surface area (Å²) in [5, 5.41) is 8.83. The minimum atomic E-state index is -0.129. The molecule has 0 bridgehead atoms. The SMILES string of the molecule is Cc1cccnc1CC(C)Nc1nc(C(C)(C)C)nc2c1cnn2C. The van der Waals surface area contributed by atoms with Crippen LogP contribution in [0.2, 0.25) is 0 Å². The summed E-state index contributed by atoms with van der Waals surface area (Å²) in [5.74, 6) is 1.65. The van der Waals surface area contributed by atoms with Gasteiger partial charge in [0.2, 0.25) is 0 Å². The monoisotopic (exact) mass is 338 g/mol. The van der Waals surface area contributed by atoms with Gasteiger partial charge in [0.25, 0.3) is 0 Å². The van der Waals surface area contributed by atoms with E-state index in [2.05, 4.69) is 56.1 Å². The van der Waals surface area contributed by atoms with Gasteiger partial charge in [-0.15, -0.1) is 0 Å². The Labute approximate surface area is 148 Å². The third kappa shape index (κ3) is 3.62. The van der Waals surface area contributed by atoms with Crippen molar-refractivity contribution in [1.82, 2.24) is 24.7 Å². The molecular formula is C19H26N6. The van der Waals surface area contributed by atoms with E-state index in [1.807, 2.05) is 25.5 Å². The fraction of sp³-hybridized carbons (Fsp3) is 0.474. The third-order valence-corrected chi connectivity index (χ3v) is 4.26. The Bertz CT molecular complexity index is 891. The van der Waals surface area contributed by atoms with Crippen LogP contribution in [0.4, 0.5) is 5.82 Å². The molecule has 0 fully saturated rings. The molecule has 0 amide bonds. The van der Waals surface area contributed by atoms with Crippen LogP contribution in [0.5, 0.6) is 0 Å². The Morgan fingerprint density at radius 1 is 1.24 bits per heavy atom. The number of rotatable bonds is 4. The molecule has 0 aromatic carbocycles. The molecule has 3 rings (SSSR count). The minimum absolute atomic E-state index is 0.129. The van der Waals surface area contributed by atoms with Crippen LogP contribution >= 0.6 is 0 Å². The Hall–Kier alpha value is -2.50. The highest BCUT2D eigenvalue weighted by atomic mass is 15.3. The van der Waals surface area contributed by atoms with Crippen LogP contribution in [-0.4, -0.2) is 30.8 Å². The van der Waals surface area contributed by atoms with Gasteiger partial charge in [0.05, 0.1) is 11.6 Å². The van der Waals surface area contributed by atoms with Gasteiger partial charge < -0.3 is 5.32 Å². The van der Waals surface area contributed by atoms with Gasteiger partial charge >= 0.3 is 0 Å². The van der Waals surface area contributed by atoms with Gasteiger partial charge in [-0.25, -0.2) is 9.97 Å². The van der Waals surface area contributed by atoms with E-state index in [-0.39, 0.29) is 11.5 Å². The zero-order valence-corrected chi connectivity index (χ0v) is 15.8. The van der Waals surface area contributed by atoms with E-state index in [0.717, 1.165) is 34.8 Å². The van der Waals surface area contributed by atoms with Crippen LogP contribution in [0.1, 0.15) is 44.8 Å². The van der Waals surface area contributed by atoms with Crippen LogP contribution < -0.4 is 5.32 Å². The van der Waals surface area contributed by atoms with Crippen molar-refractivity contribution in [3.63, 3.8) is 0 Å². The Morgan fingerprint density at radius 2 is 2.00 bits per heavy atom. The molecule has 6 heteroatoms. The topological polar surface area (TPSA) is 68.5 Å². The highest BCUT2D eigenvalue weighted by Crippen LogP contribution is 2.26. The number of fused-ring (bicyclic) bond motifs is 1. The number of aromatic nitrogens is 5. The Kier molecular flexibility index (Phi) is 4.45. The second kappa shape index (κ2) is 6.43. The summed E-state index contributed by atoms with van der Waals surface area (Å²) in [6.45, 7) is 10.6. The van der Waals surface area contributed by atoms with Gasteiger partial charge in [0.1, 0.15) is 11.6 Å². The lowest BCUT2D eigenvalue weighted by molar-refractivity contribution is 0.546. The molecule has 3 aromatic rings. The first kappa shape index (κ1) is 17.3. The van der Waals surface area contributed by atoms with Crippen molar-refractivity contribution in [3.8, 4) is 0 Å². The van der Waals surface area contributed by atoms with Crippen molar-refractivity contribution < 1.29 is 0 Å². The fourth-order valence-corrected chi connectivity index (χ4v) is 2.77. The van der Waals surface area contributed by atoms with E-state index in [4.69, 9.17) is 9.97 Å². The summed E-state index contributed by atoms with van der Waals surface area (Å²) in [5.41, 5.74) is 3.04. The number of nitrogens with zero attached hydrogens (tertiary/aromatic N) is 5. The predicted molar refractivity (Wildman–Crippen MR) is 101 cm³/mol. The zero-order valence-electron chi connectivity index (χ0n) is 15.8. The standard InChI is InChI=1S/C19H26N6/c1-12-8-7-9-20-15(12)10-13(2)22-16-14-11-21-25(6)17(14)24-18(23-16)19(3,4)5/h7-9,11,13H,10H2,1-6H3,(H,22,23,24). The fourth-order valence-electron chi connectivity index (χ4n) is 2.77. The zero-order chi connectivity index (χ0) is 18.2. The van der Waals surface area contributed by atoms with Gasteiger partial charge in [0, 0.05) is 36.8 Å². The van der Waals surface area contributed by atoms with Crippen LogP contribution in [0.3, 0.4) is 0 Å². The van der Waals surface area contributed by atoms with Gasteiger partial charge in [0.15, 0.2) is 5.65 Å². The van der Waals surface area contributed by atoms with Gasteiger partial charge in [-0.1, -0.05) is 26.8 Å². The predicted octanol–water partition coefficient (Wildman–Crippen LogP) is 3.41. The molecule has 0 saturated heterocycles. The average molecular weight is 338 g/mol. The molecule has 1 atom stereocenters. The molecule has 0 aliphatic carbocycles. The summed E-state index contributed by atoms with van der Waals surface area (Å²) in [6.07, 6.45) is 4.50. The lowest BCUT2D eigenvalue weighted by atomic mass is 9.95. The van der Waals surface area contributed by atoms with Gasteiger partial charge in [-0.05, 0) is 25.5 Å². The summed E-state index contributed by atoms with van der Waals surface area (Å²) in [6, 6.07) is 4.26. The molecule has 6 nitrogen and oxygen atoms in total. The summed E-state index contributed by atoms with van der Waals surface area (Å²) >= 11 is 0. The number of nitrogens with one attached hydrogen (secondary N) is 1. The van der Waals surface area contributed by atoms with Gasteiger partial charge in [-0.3, -0.25) is 9.67 Å². The first-order valence-corrected chi connectivity index (χ1v) is 8.63. The molecule has 0 spiro atoms. The van der Waals surface area contributed by atoms with Gasteiger partial charge in [-0.2, -0.15) is 5.10 Å². The lowest BCUT2D eigenvalue weighted by Gasteiger charge is -2.20. The van der Waals surface area contributed by atoms with Crippen LogP contribution in [0.15, 0.2) is 24.5 Å². The number of hydrogen-bond donors (Lipinski definition) is 1. The number of aryl methyl sites for hydroxylation is 2. The van der Waals surface area contributed by atoms with E-state index in [9.17, 15) is 0 Å². The molecule has 3 aromatic heterocycles. The summed E-state index contributed by atoms with van der Waals surface area (Å²) in [7, 11) is 1.91. The van der Waals surface area contributed by atoms with Crippen molar-refractivity contribution in [2.45, 2.75) is 52.5 Å². The second-order valence-corrected chi connectivity index (χ2v) is 7.67. The van der Waals surface area contributed by atoms with Crippen molar-refractivity contribution in [2.24, 2.45) is 7.05 Å². The molecule has 1 N–H and O–H groups in total. The number of pyridine rings is 1. The largest absolute Gasteiger partial charge is 0.367 e. The first-order chi connectivity index (χ1) is 11.8. The number of anilines is 1. The lowest BCUT2D eigenvalue weighted by Crippen LogP contribution is -2.23. The van der Waals surface area contributed by atoms with E-state index in [0.29, 0.717) is 0 Å². The maximum atomic E-state index is 4.79. The molecule has 0 aliphatic rings. The number of hydrogen-bond acceptors (Lipinski definition) is 5. The molecule has 3 heterocycles. The summed E-state index contributed by atoms with van der Waals surface area (Å²) < 4.78 is 1.80. The first-order valence-electron chi connectivity index (χ1n) is 8.63. The van der Waals surface area contributed by atoms with Crippen LogP contribution in [0, 0.1) is 6.92 Å². The average Bonchev–Trinajstić information content (AvgIpc) is 2.90. The van der Waals surface area contributed by atoms with E-state index in [1.165, 1.54) is 5.56 Å². The van der Waals surface area contributed by atoms with Crippen molar-refractivity contribution >= 4 is 16.9 Å². The molecule has 0 saturated carbocycles. The maximum absolute atomic E-state index is 4.79. The minimum Gasteiger partial charge on any atom is -0.367 e. The second-order valence-electron chi connectivity index (χ2n) is 7.67. The van der Waals surface area contributed by atoms with E-state index in [1.54, 1.807) is 4.68 Å². The quantitative estimate of drug-likeness (QED) is 0.789. The van der Waals surface area contributed by atoms with Crippen LogP contribution in [0.25, 0.3) is 11.0 Å². The van der Waals surface area contributed by atoms with Crippen molar-refractivity contribution in [1.29, 1.82) is 0 Å². The molecule has 25 heavy (non-hydrogen) atoms. The Balaban J connectivity index is 1.93. The smallest absolute Gasteiger partial charge is 0.163 e. The Morgan fingerprint density at radius 3 is 2.68 bits per heavy atom. The highest BCUT2D eigenvalue weighted by Gasteiger charge is 2.22. The molecule has 0 aliphatic heterocycles. The van der Waals surface area contributed by atoms with Crippen molar-refractivity contribution in [3.05, 3.63) is 41.6 Å². The van der Waals surface area contributed by atoms with Crippen molar-refractivity contribution in [2.75, 3.05) is 5.32 Å². The summed E-state index contributed by atoms with van der Waals surface area (Å²) in [4.78, 5) is 14.0. The van der Waals surface area contributed by atoms with Crippen LogP contribution in [-0.2, 0) is 18.9 Å². The van der Waals surface area contributed by atoms with E-state index < -0.39 is 0 Å². The molecule has 132 valence electrons. The molecular weight excluding hydrogens is 312 g/mol. The molecule has 1 unspecified atom stereocenters. The van der Waals surface area contributed by atoms with E-state index >= 15 is 0 Å². The third-order valence-electron chi connectivity index (χ3n) is 4.26. The maximum Gasteiger partial charge on any atom is 0.163 e. The highest BCUT2D eigenvalue weighted by molar-refractivity contribution is 5.86. The normalized spacial score (nSPS) is 13.2.